The van der Waals surface area contributed by atoms with Crippen LogP contribution in [0, 0.1) is 0 Å². The van der Waals surface area contributed by atoms with Crippen LogP contribution in [0.1, 0.15) is 12.7 Å². The lowest BCUT2D eigenvalue weighted by atomic mass is 9.98. The molecule has 2 N–H and O–H groups in total. The van der Waals surface area contributed by atoms with Crippen LogP contribution in [0.2, 0.25) is 0 Å². The summed E-state index contributed by atoms with van der Waals surface area (Å²) < 4.78 is 15.3. The van der Waals surface area contributed by atoms with Gasteiger partial charge in [0.2, 0.25) is 5.91 Å². The number of thioether (sulfide) groups is 1. The summed E-state index contributed by atoms with van der Waals surface area (Å²) in [7, 11) is 1.27. The summed E-state index contributed by atoms with van der Waals surface area (Å²) in [5, 5.41) is 11.4. The van der Waals surface area contributed by atoms with Gasteiger partial charge < -0.3 is 24.3 Å². The van der Waals surface area contributed by atoms with Gasteiger partial charge in [0.05, 0.1) is 12.7 Å². The molecule has 1 fully saturated rings. The molecule has 1 saturated heterocycles. The van der Waals surface area contributed by atoms with Gasteiger partial charge in [0.15, 0.2) is 0 Å². The van der Waals surface area contributed by atoms with Crippen LogP contribution in [-0.2, 0) is 35.1 Å². The fraction of sp³-hybridized carbons (Fsp3) is 0.412. The summed E-state index contributed by atoms with van der Waals surface area (Å²) in [6.07, 6.45) is 1.33. The van der Waals surface area contributed by atoms with E-state index < -0.39 is 34.9 Å². The summed E-state index contributed by atoms with van der Waals surface area (Å²) in [5.41, 5.74) is -1.64. The second-order valence-corrected chi connectivity index (χ2v) is 7.19. The molecule has 0 aliphatic carbocycles. The molecule has 3 heterocycles. The molecule has 28 heavy (non-hydrogen) atoms. The number of esters is 1. The van der Waals surface area contributed by atoms with Gasteiger partial charge in [-0.2, -0.15) is 0 Å². The molecule has 2 aliphatic heterocycles. The van der Waals surface area contributed by atoms with Crippen LogP contribution >= 0.6 is 11.8 Å². The Balaban J connectivity index is 1.81. The average molecular weight is 410 g/mol. The number of furan rings is 1. The zero-order valence-electron chi connectivity index (χ0n) is 15.1. The minimum Gasteiger partial charge on any atom is -0.477 e. The van der Waals surface area contributed by atoms with Crippen LogP contribution in [-0.4, -0.2) is 64.3 Å². The number of hydrogen-bond donors (Lipinski definition) is 2. The molecule has 0 unspecified atom stereocenters. The van der Waals surface area contributed by atoms with Crippen molar-refractivity contribution in [3.05, 3.63) is 35.4 Å². The summed E-state index contributed by atoms with van der Waals surface area (Å²) >= 11 is 1.21. The Morgan fingerprint density at radius 1 is 1.46 bits per heavy atom. The number of amides is 2. The third-order valence-corrected chi connectivity index (χ3v) is 5.70. The zero-order valence-corrected chi connectivity index (χ0v) is 15.9. The number of nitrogens with zero attached hydrogens (tertiary/aromatic N) is 1. The second-order valence-electron chi connectivity index (χ2n) is 6.12. The summed E-state index contributed by atoms with van der Waals surface area (Å²) in [5.74, 6) is -2.49. The van der Waals surface area contributed by atoms with Gasteiger partial charge in [-0.3, -0.25) is 19.3 Å². The summed E-state index contributed by atoms with van der Waals surface area (Å²) in [4.78, 5) is 49.0. The van der Waals surface area contributed by atoms with Crippen LogP contribution in [0.3, 0.4) is 0 Å². The molecular weight excluding hydrogens is 392 g/mol. The van der Waals surface area contributed by atoms with Gasteiger partial charge in [-0.15, -0.1) is 11.8 Å². The van der Waals surface area contributed by atoms with Crippen molar-refractivity contribution in [1.29, 1.82) is 0 Å². The predicted octanol–water partition coefficient (Wildman–Crippen LogP) is 0.0979. The minimum absolute atomic E-state index is 0.0951. The first-order chi connectivity index (χ1) is 13.3. The monoisotopic (exact) mass is 410 g/mol. The van der Waals surface area contributed by atoms with Crippen LogP contribution in [0.5, 0.6) is 0 Å². The molecule has 3 rings (SSSR count). The van der Waals surface area contributed by atoms with Crippen molar-refractivity contribution in [3.63, 3.8) is 0 Å². The molecule has 2 amide bonds. The highest BCUT2D eigenvalue weighted by Crippen LogP contribution is 2.46. The van der Waals surface area contributed by atoms with Crippen molar-refractivity contribution < 1.29 is 38.2 Å². The Morgan fingerprint density at radius 3 is 2.79 bits per heavy atom. The van der Waals surface area contributed by atoms with Gasteiger partial charge in [-0.1, -0.05) is 0 Å². The fourth-order valence-corrected chi connectivity index (χ4v) is 4.49. The van der Waals surface area contributed by atoms with E-state index in [-0.39, 0.29) is 24.5 Å². The van der Waals surface area contributed by atoms with E-state index in [1.807, 2.05) is 0 Å². The number of aliphatic carboxylic acids is 1. The van der Waals surface area contributed by atoms with Crippen molar-refractivity contribution >= 4 is 35.5 Å². The zero-order chi connectivity index (χ0) is 20.5. The number of β-lactam (4-membered cyclic amide) rings is 1. The highest BCUT2D eigenvalue weighted by atomic mass is 32.2. The quantitative estimate of drug-likeness (QED) is 0.364. The Kier molecular flexibility index (Phi) is 5.47. The van der Waals surface area contributed by atoms with Crippen molar-refractivity contribution in [2.45, 2.75) is 24.4 Å². The molecule has 2 atom stereocenters. The molecule has 0 bridgehead atoms. The van der Waals surface area contributed by atoms with Gasteiger partial charge >= 0.3 is 11.9 Å². The molecule has 150 valence electrons. The first-order valence-electron chi connectivity index (χ1n) is 8.22. The molecule has 2 aliphatic rings. The maximum atomic E-state index is 12.8. The number of rotatable bonds is 7. The molecule has 0 radical (unpaired) electrons. The first kappa shape index (κ1) is 20.0. The molecule has 1 aromatic heterocycles. The molecule has 1 aromatic rings. The minimum atomic E-state index is -1.68. The van der Waals surface area contributed by atoms with E-state index in [1.54, 1.807) is 12.1 Å². The number of carbonyl (C=O) groups is 4. The van der Waals surface area contributed by atoms with E-state index in [9.17, 15) is 24.3 Å². The Bertz CT molecular complexity index is 849. The predicted molar refractivity (Wildman–Crippen MR) is 94.7 cm³/mol. The molecule has 0 spiro atoms. The number of nitrogens with one attached hydrogen (secondary N) is 1. The van der Waals surface area contributed by atoms with Gasteiger partial charge in [-0.05, 0) is 12.1 Å². The van der Waals surface area contributed by atoms with E-state index in [4.69, 9.17) is 13.9 Å². The van der Waals surface area contributed by atoms with E-state index in [0.717, 1.165) is 4.90 Å². The Labute approximate surface area is 163 Å². The van der Waals surface area contributed by atoms with Crippen LogP contribution in [0.4, 0.5) is 0 Å². The smallest absolute Gasteiger partial charge is 0.352 e. The van der Waals surface area contributed by atoms with Crippen molar-refractivity contribution in [2.75, 3.05) is 19.5 Å². The van der Waals surface area contributed by atoms with Gasteiger partial charge in [-0.25, -0.2) is 4.79 Å². The Morgan fingerprint density at radius 2 is 2.21 bits per heavy atom. The first-order valence-corrected chi connectivity index (χ1v) is 9.27. The van der Waals surface area contributed by atoms with Crippen molar-refractivity contribution in [3.8, 4) is 0 Å². The van der Waals surface area contributed by atoms with Gasteiger partial charge in [0, 0.05) is 25.4 Å². The Hall–Kier alpha value is -2.79. The molecular formula is C17H18N2O8S. The third-order valence-electron chi connectivity index (χ3n) is 4.32. The van der Waals surface area contributed by atoms with Crippen LogP contribution in [0.25, 0.3) is 0 Å². The van der Waals surface area contributed by atoms with Crippen LogP contribution < -0.4 is 5.32 Å². The van der Waals surface area contributed by atoms with Gasteiger partial charge in [0.1, 0.15) is 23.4 Å². The van der Waals surface area contributed by atoms with Gasteiger partial charge in [0.25, 0.3) is 11.6 Å². The number of fused-ring (bicyclic) bond motifs is 1. The molecule has 0 aromatic carbocycles. The van der Waals surface area contributed by atoms with E-state index in [0.29, 0.717) is 11.3 Å². The maximum absolute atomic E-state index is 12.8. The number of carboxylic acid groups (broad SMARTS) is 1. The number of ether oxygens (including phenoxy) is 2. The van der Waals surface area contributed by atoms with E-state index in [1.165, 1.54) is 32.1 Å². The largest absolute Gasteiger partial charge is 0.477 e. The average Bonchev–Trinajstić information content (AvgIpc) is 3.15. The summed E-state index contributed by atoms with van der Waals surface area (Å²) in [6, 6.07) is 3.26. The fourth-order valence-electron chi connectivity index (χ4n) is 3.07. The molecule has 11 heteroatoms. The van der Waals surface area contributed by atoms with E-state index in [2.05, 4.69) is 5.32 Å². The maximum Gasteiger partial charge on any atom is 0.352 e. The highest BCUT2D eigenvalue weighted by Gasteiger charge is 2.66. The SMILES string of the molecule is CO[C@@]1(NC(=O)Cc2ccco2)C(=O)N2C(C(=O)O)=C(COC(C)=O)CS[C@@H]21. The standard InChI is InChI=1S/C17H18N2O8S/c1-9(20)27-7-10-8-28-16-17(25-2,15(24)19(16)13(10)14(22)23)18-12(21)6-11-4-3-5-26-11/h3-5,16H,6-8H2,1-2H3,(H,18,21)(H,22,23)/t16-,17+/m1/s1. The van der Waals surface area contributed by atoms with Crippen molar-refractivity contribution in [2.24, 2.45) is 0 Å². The second kappa shape index (κ2) is 7.68. The van der Waals surface area contributed by atoms with Crippen molar-refractivity contribution in [1.82, 2.24) is 10.2 Å². The lowest BCUT2D eigenvalue weighted by molar-refractivity contribution is -0.192. The number of hydrogen-bond acceptors (Lipinski definition) is 8. The number of carbonyl (C=O) groups excluding carboxylic acids is 3. The molecule has 0 saturated carbocycles. The topological polar surface area (TPSA) is 135 Å². The third kappa shape index (κ3) is 3.38. The molecule has 10 nitrogen and oxygen atoms in total. The lowest BCUT2D eigenvalue weighted by Crippen LogP contribution is -2.80. The summed E-state index contributed by atoms with van der Waals surface area (Å²) in [6.45, 7) is 0.977. The highest BCUT2D eigenvalue weighted by molar-refractivity contribution is 8.00. The normalized spacial score (nSPS) is 23.7. The van der Waals surface area contributed by atoms with Crippen LogP contribution in [0.15, 0.2) is 34.1 Å². The van der Waals surface area contributed by atoms with E-state index >= 15 is 0 Å². The number of carboxylic acids is 1. The lowest BCUT2D eigenvalue weighted by Gasteiger charge is -2.55. The number of methoxy groups -OCH3 is 1.